The van der Waals surface area contributed by atoms with Gasteiger partial charge in [-0.2, -0.15) is 0 Å². The maximum atomic E-state index is 5.81. The van der Waals surface area contributed by atoms with Crippen molar-refractivity contribution < 1.29 is 4.74 Å². The molecule has 0 saturated carbocycles. The van der Waals surface area contributed by atoms with Gasteiger partial charge in [-0.25, -0.2) is 0 Å². The predicted molar refractivity (Wildman–Crippen MR) is 64.5 cm³/mol. The van der Waals surface area contributed by atoms with Crippen LogP contribution in [0.2, 0.25) is 0 Å². The maximum absolute atomic E-state index is 5.81. The zero-order valence-electron chi connectivity index (χ0n) is 10.3. The molecule has 0 heterocycles. The highest BCUT2D eigenvalue weighted by Crippen LogP contribution is 2.34. The lowest BCUT2D eigenvalue weighted by Gasteiger charge is -2.27. The van der Waals surface area contributed by atoms with E-state index in [0.717, 1.165) is 5.75 Å². The number of methoxy groups -OCH3 is 1. The fraction of sp³-hybridized carbons (Fsp3) is 0.538. The first kappa shape index (κ1) is 12.1. The number of hydrogen-bond acceptors (Lipinski definition) is 2. The van der Waals surface area contributed by atoms with E-state index in [1.807, 2.05) is 0 Å². The summed E-state index contributed by atoms with van der Waals surface area (Å²) in [5.74, 6) is 0.947. The first-order valence-corrected chi connectivity index (χ1v) is 5.28. The summed E-state index contributed by atoms with van der Waals surface area (Å²) in [6, 6.07) is 4.25. The summed E-state index contributed by atoms with van der Waals surface area (Å²) in [5, 5.41) is 0. The van der Waals surface area contributed by atoms with Crippen molar-refractivity contribution in [1.29, 1.82) is 0 Å². The Balaban J connectivity index is 3.39. The van der Waals surface area contributed by atoms with Gasteiger partial charge >= 0.3 is 0 Å². The fourth-order valence-corrected chi connectivity index (χ4v) is 2.06. The number of benzene rings is 1. The van der Waals surface area contributed by atoms with Crippen LogP contribution in [0.5, 0.6) is 5.75 Å². The lowest BCUT2D eigenvalue weighted by atomic mass is 9.81. The lowest BCUT2D eigenvalue weighted by Crippen LogP contribution is -2.29. The third-order valence-corrected chi connectivity index (χ3v) is 2.85. The van der Waals surface area contributed by atoms with E-state index in [4.69, 9.17) is 10.5 Å². The van der Waals surface area contributed by atoms with E-state index in [0.29, 0.717) is 6.54 Å². The van der Waals surface area contributed by atoms with Crippen LogP contribution in [0.15, 0.2) is 12.1 Å². The molecule has 0 aliphatic heterocycles. The summed E-state index contributed by atoms with van der Waals surface area (Å²) < 4.78 is 5.44. The quantitative estimate of drug-likeness (QED) is 0.826. The molecule has 2 nitrogen and oxygen atoms in total. The standard InChI is InChI=1S/C13H21NO/c1-9-6-10(2)12(11(7-9)15-5)13(3,4)8-14/h6-7H,8,14H2,1-5H3. The Kier molecular flexibility index (Phi) is 3.40. The first-order chi connectivity index (χ1) is 6.92. The smallest absolute Gasteiger partial charge is 0.123 e. The molecule has 1 aromatic rings. The largest absolute Gasteiger partial charge is 0.496 e. The summed E-state index contributed by atoms with van der Waals surface area (Å²) in [4.78, 5) is 0. The van der Waals surface area contributed by atoms with Crippen LogP contribution in [0.1, 0.15) is 30.5 Å². The van der Waals surface area contributed by atoms with Gasteiger partial charge in [-0.1, -0.05) is 19.9 Å². The molecule has 2 heteroatoms. The number of hydrogen-bond donors (Lipinski definition) is 1. The van der Waals surface area contributed by atoms with Gasteiger partial charge in [0.1, 0.15) is 5.75 Å². The van der Waals surface area contributed by atoms with Gasteiger partial charge in [-0.05, 0) is 31.0 Å². The molecule has 0 spiro atoms. The Morgan fingerprint density at radius 2 is 1.87 bits per heavy atom. The third-order valence-electron chi connectivity index (χ3n) is 2.85. The molecule has 0 amide bonds. The van der Waals surface area contributed by atoms with Crippen LogP contribution in [0, 0.1) is 13.8 Å². The van der Waals surface area contributed by atoms with Gasteiger partial charge in [0.25, 0.3) is 0 Å². The van der Waals surface area contributed by atoms with E-state index < -0.39 is 0 Å². The van der Waals surface area contributed by atoms with Gasteiger partial charge in [0.2, 0.25) is 0 Å². The van der Waals surface area contributed by atoms with Gasteiger partial charge in [-0.15, -0.1) is 0 Å². The number of nitrogens with two attached hydrogens (primary N) is 1. The van der Waals surface area contributed by atoms with Crippen molar-refractivity contribution in [3.05, 3.63) is 28.8 Å². The topological polar surface area (TPSA) is 35.2 Å². The second-order valence-corrected chi connectivity index (χ2v) is 4.75. The Labute approximate surface area is 92.4 Å². The summed E-state index contributed by atoms with van der Waals surface area (Å²) >= 11 is 0. The van der Waals surface area contributed by atoms with Crippen LogP contribution >= 0.6 is 0 Å². The van der Waals surface area contributed by atoms with E-state index in [-0.39, 0.29) is 5.41 Å². The van der Waals surface area contributed by atoms with Crippen LogP contribution in [0.25, 0.3) is 0 Å². The van der Waals surface area contributed by atoms with Crippen molar-refractivity contribution in [3.63, 3.8) is 0 Å². The number of ether oxygens (including phenoxy) is 1. The van der Waals surface area contributed by atoms with E-state index in [1.165, 1.54) is 16.7 Å². The minimum Gasteiger partial charge on any atom is -0.496 e. The van der Waals surface area contributed by atoms with Gasteiger partial charge in [0.15, 0.2) is 0 Å². The Hall–Kier alpha value is -1.02. The minimum absolute atomic E-state index is 0.0386. The van der Waals surface area contributed by atoms with Crippen molar-refractivity contribution in [1.82, 2.24) is 0 Å². The summed E-state index contributed by atoms with van der Waals surface area (Å²) in [6.45, 7) is 9.10. The average molecular weight is 207 g/mol. The van der Waals surface area contributed by atoms with Crippen molar-refractivity contribution in [2.24, 2.45) is 5.73 Å². The highest BCUT2D eigenvalue weighted by atomic mass is 16.5. The third kappa shape index (κ3) is 2.32. The molecule has 0 atom stereocenters. The highest BCUT2D eigenvalue weighted by molar-refractivity contribution is 5.47. The van der Waals surface area contributed by atoms with Gasteiger partial charge in [0, 0.05) is 17.5 Å². The van der Waals surface area contributed by atoms with Crippen LogP contribution in [-0.2, 0) is 5.41 Å². The second-order valence-electron chi connectivity index (χ2n) is 4.75. The van der Waals surface area contributed by atoms with E-state index in [2.05, 4.69) is 39.8 Å². The summed E-state index contributed by atoms with van der Waals surface area (Å²) in [6.07, 6.45) is 0. The molecule has 0 aliphatic carbocycles. The SMILES string of the molecule is COc1cc(C)cc(C)c1C(C)(C)CN. The molecule has 0 fully saturated rings. The molecule has 0 unspecified atom stereocenters. The normalized spacial score (nSPS) is 11.6. The van der Waals surface area contributed by atoms with Gasteiger partial charge in [-0.3, -0.25) is 0 Å². The average Bonchev–Trinajstić information content (AvgIpc) is 2.15. The molecular weight excluding hydrogens is 186 g/mol. The second kappa shape index (κ2) is 4.23. The lowest BCUT2D eigenvalue weighted by molar-refractivity contribution is 0.392. The predicted octanol–water partition coefficient (Wildman–Crippen LogP) is 2.55. The zero-order chi connectivity index (χ0) is 11.6. The van der Waals surface area contributed by atoms with Crippen molar-refractivity contribution in [2.75, 3.05) is 13.7 Å². The number of aryl methyl sites for hydroxylation is 2. The molecular formula is C13H21NO. The maximum Gasteiger partial charge on any atom is 0.123 e. The highest BCUT2D eigenvalue weighted by Gasteiger charge is 2.24. The van der Waals surface area contributed by atoms with E-state index in [9.17, 15) is 0 Å². The Morgan fingerprint density at radius 3 is 2.33 bits per heavy atom. The van der Waals surface area contributed by atoms with Crippen LogP contribution in [-0.4, -0.2) is 13.7 Å². The van der Waals surface area contributed by atoms with Crippen molar-refractivity contribution in [2.45, 2.75) is 33.1 Å². The van der Waals surface area contributed by atoms with Crippen LogP contribution < -0.4 is 10.5 Å². The molecule has 1 aromatic carbocycles. The van der Waals surface area contributed by atoms with Crippen LogP contribution in [0.4, 0.5) is 0 Å². The first-order valence-electron chi connectivity index (χ1n) is 5.28. The zero-order valence-corrected chi connectivity index (χ0v) is 10.3. The Bertz CT molecular complexity index is 356. The minimum atomic E-state index is -0.0386. The fourth-order valence-electron chi connectivity index (χ4n) is 2.06. The number of rotatable bonds is 3. The van der Waals surface area contributed by atoms with Crippen molar-refractivity contribution >= 4 is 0 Å². The molecule has 0 radical (unpaired) electrons. The van der Waals surface area contributed by atoms with E-state index in [1.54, 1.807) is 7.11 Å². The Morgan fingerprint density at radius 1 is 1.27 bits per heavy atom. The molecule has 2 N–H and O–H groups in total. The van der Waals surface area contributed by atoms with Gasteiger partial charge in [0.05, 0.1) is 7.11 Å². The molecule has 84 valence electrons. The van der Waals surface area contributed by atoms with Crippen molar-refractivity contribution in [3.8, 4) is 5.75 Å². The summed E-state index contributed by atoms with van der Waals surface area (Å²) in [5.41, 5.74) is 9.47. The monoisotopic (exact) mass is 207 g/mol. The molecule has 0 saturated heterocycles. The van der Waals surface area contributed by atoms with Crippen LogP contribution in [0.3, 0.4) is 0 Å². The van der Waals surface area contributed by atoms with Gasteiger partial charge < -0.3 is 10.5 Å². The summed E-state index contributed by atoms with van der Waals surface area (Å²) in [7, 11) is 1.71. The molecule has 0 aromatic heterocycles. The molecule has 1 rings (SSSR count). The molecule has 15 heavy (non-hydrogen) atoms. The molecule has 0 bridgehead atoms. The molecule has 0 aliphatic rings. The van der Waals surface area contributed by atoms with E-state index >= 15 is 0 Å².